The molecular formula is C26H41N8O9P. The van der Waals surface area contributed by atoms with Crippen molar-refractivity contribution in [2.75, 3.05) is 0 Å². The van der Waals surface area contributed by atoms with Crippen LogP contribution in [0.15, 0.2) is 31.8 Å². The van der Waals surface area contributed by atoms with Crippen molar-refractivity contribution in [2.45, 2.75) is 77.7 Å². The van der Waals surface area contributed by atoms with Gasteiger partial charge in [0.15, 0.2) is 22.3 Å². The molecule has 244 valence electrons. The van der Waals surface area contributed by atoms with Crippen molar-refractivity contribution in [1.29, 1.82) is 0 Å². The van der Waals surface area contributed by atoms with Crippen LogP contribution in [0.5, 0.6) is 0 Å². The topological polar surface area (TPSA) is 211 Å². The molecule has 0 aromatic carbocycles. The summed E-state index contributed by atoms with van der Waals surface area (Å²) in [5, 5.41) is 9.21. The Morgan fingerprint density at radius 1 is 0.750 bits per heavy atom. The van der Waals surface area contributed by atoms with Crippen molar-refractivity contribution in [2.24, 2.45) is 28.2 Å². The van der Waals surface area contributed by atoms with Crippen molar-refractivity contribution in [3.05, 3.63) is 54.3 Å². The van der Waals surface area contributed by atoms with Crippen molar-refractivity contribution < 1.29 is 24.0 Å². The van der Waals surface area contributed by atoms with Crippen molar-refractivity contribution in [3.63, 3.8) is 0 Å². The van der Waals surface area contributed by atoms with Crippen LogP contribution in [0.1, 0.15) is 52.4 Å². The molecule has 0 amide bonds. The Hall–Kier alpha value is -3.63. The molecule has 0 saturated heterocycles. The highest BCUT2D eigenvalue weighted by Gasteiger charge is 2.19. The van der Waals surface area contributed by atoms with E-state index < -0.39 is 25.2 Å². The Morgan fingerprint density at radius 3 is 1.55 bits per heavy atom. The minimum Gasteiger partial charge on any atom is -0.393 e. The van der Waals surface area contributed by atoms with E-state index in [-0.39, 0.29) is 23.9 Å². The van der Waals surface area contributed by atoms with Crippen LogP contribution in [0.4, 0.5) is 0 Å². The van der Waals surface area contributed by atoms with Crippen LogP contribution >= 0.6 is 7.82 Å². The molecule has 4 aromatic rings. The van der Waals surface area contributed by atoms with Gasteiger partial charge in [-0.1, -0.05) is 0 Å². The van der Waals surface area contributed by atoms with Crippen LogP contribution < -0.4 is 22.5 Å². The molecule has 0 unspecified atom stereocenters. The predicted octanol–water partition coefficient (Wildman–Crippen LogP) is 0.0866. The van der Waals surface area contributed by atoms with Gasteiger partial charge in [-0.05, 0) is 52.4 Å². The lowest BCUT2D eigenvalue weighted by Crippen LogP contribution is -2.39. The highest BCUT2D eigenvalue weighted by molar-refractivity contribution is 7.46. The maximum Gasteiger partial charge on any atom is 0.469 e. The summed E-state index contributed by atoms with van der Waals surface area (Å²) in [6, 6.07) is 0. The van der Waals surface area contributed by atoms with Gasteiger partial charge in [0.25, 0.3) is 11.1 Å². The first-order chi connectivity index (χ1) is 20.5. The summed E-state index contributed by atoms with van der Waals surface area (Å²) in [5.74, 6) is 0. The maximum absolute atomic E-state index is 12.5. The van der Waals surface area contributed by atoms with Gasteiger partial charge in [-0.2, -0.15) is 0 Å². The maximum atomic E-state index is 12.5. The summed E-state index contributed by atoms with van der Waals surface area (Å²) in [5.41, 5.74) is 0.0461. The summed E-state index contributed by atoms with van der Waals surface area (Å²) >= 11 is 0. The molecule has 0 saturated carbocycles. The zero-order chi connectivity index (χ0) is 32.9. The summed E-state index contributed by atoms with van der Waals surface area (Å²) in [7, 11) is 2.10. The first-order valence-corrected chi connectivity index (χ1v) is 15.7. The third kappa shape index (κ3) is 8.09. The second kappa shape index (κ2) is 14.4. The van der Waals surface area contributed by atoms with E-state index in [1.54, 1.807) is 51.2 Å². The number of unbranched alkanes of at least 4 members (excludes halogenated alkanes) is 2. The van der Waals surface area contributed by atoms with E-state index in [9.17, 15) is 28.8 Å². The highest BCUT2D eigenvalue weighted by Crippen LogP contribution is 2.38. The first-order valence-electron chi connectivity index (χ1n) is 14.2. The summed E-state index contributed by atoms with van der Waals surface area (Å²) < 4.78 is 23.6. The number of phosphoric ester groups is 1. The normalized spacial score (nSPS) is 13.3. The Balaban J connectivity index is 0.000000244. The van der Waals surface area contributed by atoms with Crippen LogP contribution in [0.2, 0.25) is 0 Å². The number of phosphoric acid groups is 1. The largest absolute Gasteiger partial charge is 0.469 e. The van der Waals surface area contributed by atoms with E-state index in [2.05, 4.69) is 14.5 Å². The van der Waals surface area contributed by atoms with E-state index in [0.29, 0.717) is 61.0 Å². The molecule has 17 nitrogen and oxygen atoms in total. The lowest BCUT2D eigenvalue weighted by Gasteiger charge is -2.13. The molecule has 4 heterocycles. The molecule has 4 rings (SSSR count). The Kier molecular flexibility index (Phi) is 11.4. The molecular weight excluding hydrogens is 599 g/mol. The van der Waals surface area contributed by atoms with Crippen LogP contribution in [-0.2, 0) is 50.4 Å². The molecule has 18 heteroatoms. The van der Waals surface area contributed by atoms with E-state index in [4.69, 9.17) is 9.79 Å². The van der Waals surface area contributed by atoms with Crippen molar-refractivity contribution in [3.8, 4) is 0 Å². The standard InChI is InChI=1S/C13H21N4O6P.C13H20N4O3/c1-9(23-24(20,21)22)6-4-5-7-17-12(18)10-11(14-8-15(10)2)16(3)13(17)19;1-9(18)6-4-5-7-17-12(19)10-11(14-8-15(10)2)16(3)13(17)20/h8-9H,4-7H2,1-3H3,(H2,20,21,22);8-9,18H,4-7H2,1-3H3/t2*9-/m11/s1. The van der Waals surface area contributed by atoms with E-state index in [1.807, 2.05) is 0 Å². The fraction of sp³-hybridized carbons (Fsp3) is 0.615. The second-order valence-corrected chi connectivity index (χ2v) is 12.1. The molecule has 0 aliphatic carbocycles. The van der Waals surface area contributed by atoms with Gasteiger partial charge in [0.2, 0.25) is 0 Å². The molecule has 0 spiro atoms. The molecule has 0 radical (unpaired) electrons. The van der Waals surface area contributed by atoms with Gasteiger partial charge in [-0.25, -0.2) is 24.1 Å². The average Bonchev–Trinajstić information content (AvgIpc) is 3.51. The Morgan fingerprint density at radius 2 is 1.16 bits per heavy atom. The van der Waals surface area contributed by atoms with E-state index in [1.165, 1.54) is 26.4 Å². The monoisotopic (exact) mass is 640 g/mol. The molecule has 0 aliphatic rings. The third-order valence-electron chi connectivity index (χ3n) is 7.22. The van der Waals surface area contributed by atoms with Crippen molar-refractivity contribution in [1.82, 2.24) is 37.4 Å². The van der Waals surface area contributed by atoms with Gasteiger partial charge in [-0.15, -0.1) is 0 Å². The van der Waals surface area contributed by atoms with Gasteiger partial charge < -0.3 is 24.0 Å². The molecule has 3 N–H and O–H groups in total. The number of rotatable bonds is 12. The quantitative estimate of drug-likeness (QED) is 0.139. The summed E-state index contributed by atoms with van der Waals surface area (Å²) in [6.45, 7) is 3.87. The number of aliphatic hydroxyl groups is 1. The molecule has 0 bridgehead atoms. The third-order valence-corrected chi connectivity index (χ3v) is 7.85. The lowest BCUT2D eigenvalue weighted by molar-refractivity contribution is 0.136. The number of imidazole rings is 2. The smallest absolute Gasteiger partial charge is 0.393 e. The van der Waals surface area contributed by atoms with Gasteiger partial charge in [0.1, 0.15) is 0 Å². The van der Waals surface area contributed by atoms with Crippen LogP contribution in [-0.4, -0.2) is 64.5 Å². The first kappa shape index (κ1) is 34.9. The number of aryl methyl sites for hydroxylation is 4. The fourth-order valence-corrected chi connectivity index (χ4v) is 5.46. The predicted molar refractivity (Wildman–Crippen MR) is 162 cm³/mol. The van der Waals surface area contributed by atoms with Gasteiger partial charge in [0, 0.05) is 41.3 Å². The van der Waals surface area contributed by atoms with Gasteiger partial charge in [0.05, 0.1) is 24.9 Å². The molecule has 4 aromatic heterocycles. The van der Waals surface area contributed by atoms with Crippen LogP contribution in [0, 0.1) is 0 Å². The average molecular weight is 641 g/mol. The minimum atomic E-state index is -4.49. The molecule has 2 atom stereocenters. The minimum absolute atomic E-state index is 0.218. The summed E-state index contributed by atoms with van der Waals surface area (Å²) in [6.07, 6.45) is 5.66. The number of hydrogen-bond donors (Lipinski definition) is 3. The zero-order valence-corrected chi connectivity index (χ0v) is 26.7. The zero-order valence-electron chi connectivity index (χ0n) is 25.8. The second-order valence-electron chi connectivity index (χ2n) is 10.9. The number of aromatic nitrogens is 8. The molecule has 44 heavy (non-hydrogen) atoms. The van der Waals surface area contributed by atoms with Crippen LogP contribution in [0.3, 0.4) is 0 Å². The summed E-state index contributed by atoms with van der Waals surface area (Å²) in [4.78, 5) is 74.8. The van der Waals surface area contributed by atoms with E-state index in [0.717, 1.165) is 11.0 Å². The molecule has 0 fully saturated rings. The van der Waals surface area contributed by atoms with E-state index >= 15 is 0 Å². The van der Waals surface area contributed by atoms with Gasteiger partial charge in [-0.3, -0.25) is 32.4 Å². The number of fused-ring (bicyclic) bond motifs is 2. The SMILES string of the molecule is C[C@@H](O)CCCCn1c(=O)c2c(ncn2C)n(C)c1=O.C[C@H](CCCCn1c(=O)c2c(ncn2C)n(C)c1=O)OP(=O)(O)O. The van der Waals surface area contributed by atoms with Gasteiger partial charge >= 0.3 is 19.2 Å². The van der Waals surface area contributed by atoms with Crippen molar-refractivity contribution >= 4 is 30.2 Å². The fourth-order valence-electron chi connectivity index (χ4n) is 4.89. The number of aliphatic hydroxyl groups excluding tert-OH is 1. The highest BCUT2D eigenvalue weighted by atomic mass is 31.2. The lowest BCUT2D eigenvalue weighted by atomic mass is 10.2. The Labute approximate surface area is 251 Å². The van der Waals surface area contributed by atoms with Crippen LogP contribution in [0.25, 0.3) is 22.3 Å². The Bertz CT molecular complexity index is 1890. The number of nitrogens with zero attached hydrogens (tertiary/aromatic N) is 8. The number of hydrogen-bond acceptors (Lipinski definition) is 9. The molecule has 0 aliphatic heterocycles.